The van der Waals surface area contributed by atoms with Crippen molar-refractivity contribution in [3.05, 3.63) is 12.2 Å². The normalized spacial score (nSPS) is 41.0. The third kappa shape index (κ3) is 2.15. The summed E-state index contributed by atoms with van der Waals surface area (Å²) in [6, 6.07) is 0. The van der Waals surface area contributed by atoms with Crippen LogP contribution in [0, 0.1) is 22.7 Å². The predicted octanol–water partition coefficient (Wildman–Crippen LogP) is 3.32. The van der Waals surface area contributed by atoms with Crippen LogP contribution in [0.3, 0.4) is 0 Å². The third-order valence-corrected chi connectivity index (χ3v) is 5.89. The third-order valence-electron chi connectivity index (χ3n) is 5.89. The van der Waals surface area contributed by atoms with E-state index >= 15 is 0 Å². The molecule has 20 heavy (non-hydrogen) atoms. The van der Waals surface area contributed by atoms with Gasteiger partial charge in [0, 0.05) is 0 Å². The molecule has 0 aliphatic heterocycles. The molecule has 2 aliphatic carbocycles. The molecule has 2 saturated carbocycles. The number of hydrogen-bond donors (Lipinski definition) is 2. The lowest BCUT2D eigenvalue weighted by molar-refractivity contribution is -0.165. The molecule has 112 valence electrons. The van der Waals surface area contributed by atoms with Gasteiger partial charge in [0.1, 0.15) is 0 Å². The van der Waals surface area contributed by atoms with Crippen molar-refractivity contribution < 1.29 is 19.8 Å². The van der Waals surface area contributed by atoms with Gasteiger partial charge in [-0.25, -0.2) is 0 Å². The number of carbonyl (C=O) groups is 2. The summed E-state index contributed by atoms with van der Waals surface area (Å²) in [5.41, 5.74) is 0.00427. The van der Waals surface area contributed by atoms with Crippen LogP contribution in [0.1, 0.15) is 52.4 Å². The summed E-state index contributed by atoms with van der Waals surface area (Å²) in [6.07, 6.45) is 4.07. The molecule has 4 nitrogen and oxygen atoms in total. The first-order chi connectivity index (χ1) is 9.21. The average Bonchev–Trinajstić information content (AvgIpc) is 2.33. The number of aliphatic carboxylic acids is 2. The van der Waals surface area contributed by atoms with Crippen LogP contribution in [0.15, 0.2) is 12.2 Å². The fourth-order valence-corrected chi connectivity index (χ4v) is 4.76. The number of carboxylic acids is 2. The second kappa shape index (κ2) is 4.90. The van der Waals surface area contributed by atoms with Crippen molar-refractivity contribution in [3.63, 3.8) is 0 Å². The molecule has 0 aromatic heterocycles. The van der Waals surface area contributed by atoms with Crippen LogP contribution in [0.5, 0.6) is 0 Å². The van der Waals surface area contributed by atoms with Gasteiger partial charge in [0.05, 0.1) is 11.8 Å². The summed E-state index contributed by atoms with van der Waals surface area (Å²) in [7, 11) is 0. The zero-order valence-corrected chi connectivity index (χ0v) is 12.3. The summed E-state index contributed by atoms with van der Waals surface area (Å²) in [4.78, 5) is 22.9. The van der Waals surface area contributed by atoms with Gasteiger partial charge in [-0.15, -0.1) is 0 Å². The maximum atomic E-state index is 11.7. The lowest BCUT2D eigenvalue weighted by Crippen LogP contribution is -2.53. The van der Waals surface area contributed by atoms with Gasteiger partial charge in [0.2, 0.25) is 0 Å². The van der Waals surface area contributed by atoms with Gasteiger partial charge in [-0.1, -0.05) is 25.5 Å². The molecule has 2 aliphatic rings. The Bertz CT molecular complexity index is 455. The monoisotopic (exact) mass is 280 g/mol. The second-order valence-electron chi connectivity index (χ2n) is 6.98. The molecule has 2 rings (SSSR count). The molecule has 2 N–H and O–H groups in total. The maximum Gasteiger partial charge on any atom is 0.309 e. The van der Waals surface area contributed by atoms with Gasteiger partial charge < -0.3 is 10.2 Å². The lowest BCUT2D eigenvalue weighted by Gasteiger charge is -2.57. The van der Waals surface area contributed by atoms with Crippen molar-refractivity contribution in [2.45, 2.75) is 52.4 Å². The summed E-state index contributed by atoms with van der Waals surface area (Å²) >= 11 is 0. The molecular formula is C16H24O4. The summed E-state index contributed by atoms with van der Waals surface area (Å²) in [5, 5.41) is 18.8. The molecule has 0 saturated heterocycles. The fraction of sp³-hybridized carbons (Fsp3) is 0.750. The molecule has 0 spiro atoms. The van der Waals surface area contributed by atoms with E-state index in [0.717, 1.165) is 31.3 Å². The summed E-state index contributed by atoms with van der Waals surface area (Å²) in [5.74, 6) is -1.62. The van der Waals surface area contributed by atoms with E-state index in [9.17, 15) is 19.8 Å². The van der Waals surface area contributed by atoms with Gasteiger partial charge in [-0.2, -0.15) is 0 Å². The smallest absolute Gasteiger partial charge is 0.309 e. The second-order valence-corrected chi connectivity index (χ2v) is 6.98. The van der Waals surface area contributed by atoms with E-state index in [1.165, 1.54) is 0 Å². The van der Waals surface area contributed by atoms with Gasteiger partial charge in [0.15, 0.2) is 0 Å². The Morgan fingerprint density at radius 1 is 1.30 bits per heavy atom. The number of allylic oxidation sites excluding steroid dienone is 1. The van der Waals surface area contributed by atoms with Crippen molar-refractivity contribution in [2.24, 2.45) is 22.7 Å². The standard InChI is InChI=1S/C16H24O4/c1-10-5-6-12-15(2,11(10)9-13(17)18)7-4-8-16(12,3)14(19)20/h11-12H,1,4-9H2,2-3H3,(H,17,18)(H,19,20). The predicted molar refractivity (Wildman–Crippen MR) is 75.3 cm³/mol. The van der Waals surface area contributed by atoms with Gasteiger partial charge in [-0.05, 0) is 49.9 Å². The average molecular weight is 280 g/mol. The van der Waals surface area contributed by atoms with Gasteiger partial charge in [0.25, 0.3) is 0 Å². The van der Waals surface area contributed by atoms with Crippen molar-refractivity contribution in [1.29, 1.82) is 0 Å². The van der Waals surface area contributed by atoms with Crippen molar-refractivity contribution in [1.82, 2.24) is 0 Å². The molecule has 4 atom stereocenters. The molecule has 4 unspecified atom stereocenters. The van der Waals surface area contributed by atoms with Crippen molar-refractivity contribution in [3.8, 4) is 0 Å². The van der Waals surface area contributed by atoms with Crippen LogP contribution in [0.2, 0.25) is 0 Å². The molecule has 0 bridgehead atoms. The maximum absolute atomic E-state index is 11.7. The quantitative estimate of drug-likeness (QED) is 0.778. The number of hydrogen-bond acceptors (Lipinski definition) is 2. The minimum Gasteiger partial charge on any atom is -0.481 e. The topological polar surface area (TPSA) is 74.6 Å². The first-order valence-electron chi connectivity index (χ1n) is 7.34. The Balaban J connectivity index is 2.40. The summed E-state index contributed by atoms with van der Waals surface area (Å²) < 4.78 is 0. The Kier molecular flexibility index (Phi) is 3.69. The highest BCUT2D eigenvalue weighted by molar-refractivity contribution is 5.75. The minimum atomic E-state index is -0.819. The van der Waals surface area contributed by atoms with Crippen molar-refractivity contribution in [2.75, 3.05) is 0 Å². The molecule has 2 fully saturated rings. The fourth-order valence-electron chi connectivity index (χ4n) is 4.76. The Morgan fingerprint density at radius 3 is 2.50 bits per heavy atom. The number of rotatable bonds is 3. The molecule has 0 aromatic rings. The van der Waals surface area contributed by atoms with Crippen LogP contribution >= 0.6 is 0 Å². The summed E-state index contributed by atoms with van der Waals surface area (Å²) in [6.45, 7) is 7.98. The van der Waals surface area contributed by atoms with E-state index in [4.69, 9.17) is 0 Å². The van der Waals surface area contributed by atoms with E-state index in [0.29, 0.717) is 6.42 Å². The van der Waals surface area contributed by atoms with Crippen molar-refractivity contribution >= 4 is 11.9 Å². The van der Waals surface area contributed by atoms with E-state index in [2.05, 4.69) is 13.5 Å². The molecule has 4 heteroatoms. The largest absolute Gasteiger partial charge is 0.481 e. The van der Waals surface area contributed by atoms with E-state index in [-0.39, 0.29) is 23.7 Å². The zero-order valence-electron chi connectivity index (χ0n) is 12.3. The minimum absolute atomic E-state index is 0.0381. The van der Waals surface area contributed by atoms with Crippen LogP contribution < -0.4 is 0 Å². The van der Waals surface area contributed by atoms with Crippen LogP contribution in [-0.4, -0.2) is 22.2 Å². The first-order valence-corrected chi connectivity index (χ1v) is 7.34. The van der Waals surface area contributed by atoms with Gasteiger partial charge >= 0.3 is 11.9 Å². The highest BCUT2D eigenvalue weighted by atomic mass is 16.4. The Morgan fingerprint density at radius 2 is 1.95 bits per heavy atom. The number of fused-ring (bicyclic) bond motifs is 1. The Hall–Kier alpha value is -1.32. The van der Waals surface area contributed by atoms with Crippen LogP contribution in [0.4, 0.5) is 0 Å². The van der Waals surface area contributed by atoms with Crippen LogP contribution in [-0.2, 0) is 9.59 Å². The SMILES string of the molecule is C=C1CCC2C(C)(C(=O)O)CCCC2(C)C1CC(=O)O. The molecule has 0 aromatic carbocycles. The first kappa shape index (κ1) is 15.1. The molecular weight excluding hydrogens is 256 g/mol. The van der Waals surface area contributed by atoms with E-state index in [1.54, 1.807) is 0 Å². The highest BCUT2D eigenvalue weighted by Crippen LogP contribution is 2.61. The lowest BCUT2D eigenvalue weighted by atomic mass is 9.47. The molecule has 0 amide bonds. The van der Waals surface area contributed by atoms with E-state index in [1.807, 2.05) is 6.92 Å². The zero-order chi connectivity index (χ0) is 15.1. The molecule has 0 radical (unpaired) electrons. The Labute approximate surface area is 119 Å². The highest BCUT2D eigenvalue weighted by Gasteiger charge is 2.57. The number of carboxylic acid groups (broad SMARTS) is 2. The van der Waals surface area contributed by atoms with E-state index < -0.39 is 17.4 Å². The molecule has 0 heterocycles. The van der Waals surface area contributed by atoms with Crippen LogP contribution in [0.25, 0.3) is 0 Å². The van der Waals surface area contributed by atoms with Gasteiger partial charge in [-0.3, -0.25) is 9.59 Å².